The van der Waals surface area contributed by atoms with Crippen molar-refractivity contribution in [2.75, 3.05) is 26.2 Å². The van der Waals surface area contributed by atoms with E-state index in [4.69, 9.17) is 0 Å². The van der Waals surface area contributed by atoms with Gasteiger partial charge in [0.05, 0.1) is 12.2 Å². The zero-order valence-corrected chi connectivity index (χ0v) is 10.4. The number of carbonyl (C=O) groups excluding carboxylic acids is 1. The second kappa shape index (κ2) is 5.82. The Morgan fingerprint density at radius 3 is 2.88 bits per heavy atom. The maximum atomic E-state index is 11.7. The minimum Gasteiger partial charge on any atom is -0.342 e. The number of likely N-dealkylation sites (tertiary alicyclic amines) is 1. The summed E-state index contributed by atoms with van der Waals surface area (Å²) >= 11 is 0. The van der Waals surface area contributed by atoms with Gasteiger partial charge in [0.15, 0.2) is 0 Å². The Labute approximate surface area is 102 Å². The second-order valence-electron chi connectivity index (χ2n) is 4.50. The third kappa shape index (κ3) is 3.56. The van der Waals surface area contributed by atoms with Crippen LogP contribution in [-0.4, -0.2) is 46.8 Å². The molecule has 94 valence electrons. The molecule has 0 spiro atoms. The lowest BCUT2D eigenvalue weighted by Crippen LogP contribution is -2.36. The molecule has 2 rings (SSSR count). The smallest absolute Gasteiger partial charge is 0.236 e. The largest absolute Gasteiger partial charge is 0.342 e. The fourth-order valence-corrected chi connectivity index (χ4v) is 2.09. The first-order chi connectivity index (χ1) is 8.25. The predicted octanol–water partition coefficient (Wildman–Crippen LogP) is 0.175. The van der Waals surface area contributed by atoms with Crippen molar-refractivity contribution in [2.24, 2.45) is 7.05 Å². The van der Waals surface area contributed by atoms with Gasteiger partial charge in [-0.05, 0) is 18.9 Å². The number of amides is 1. The first kappa shape index (κ1) is 12.1. The minimum atomic E-state index is 0.225. The molecule has 1 aliphatic rings. The minimum absolute atomic E-state index is 0.225. The fourth-order valence-electron chi connectivity index (χ4n) is 2.09. The van der Waals surface area contributed by atoms with Gasteiger partial charge in [-0.1, -0.05) is 0 Å². The van der Waals surface area contributed by atoms with Gasteiger partial charge in [0, 0.05) is 39.3 Å². The Morgan fingerprint density at radius 1 is 1.47 bits per heavy atom. The quantitative estimate of drug-likeness (QED) is 0.742. The molecule has 1 aromatic heterocycles. The number of aromatic nitrogens is 2. The van der Waals surface area contributed by atoms with E-state index in [1.807, 2.05) is 24.2 Å². The van der Waals surface area contributed by atoms with Gasteiger partial charge in [-0.3, -0.25) is 9.48 Å². The van der Waals surface area contributed by atoms with Gasteiger partial charge >= 0.3 is 0 Å². The predicted molar refractivity (Wildman–Crippen MR) is 65.6 cm³/mol. The van der Waals surface area contributed by atoms with Crippen LogP contribution in [0.4, 0.5) is 0 Å². The average Bonchev–Trinajstić information content (AvgIpc) is 2.95. The Hall–Kier alpha value is -1.36. The molecule has 1 aromatic rings. The fraction of sp³-hybridized carbons (Fsp3) is 0.667. The van der Waals surface area contributed by atoms with Crippen LogP contribution in [-0.2, 0) is 18.3 Å². The maximum Gasteiger partial charge on any atom is 0.236 e. The molecule has 0 radical (unpaired) electrons. The molecule has 0 atom stereocenters. The van der Waals surface area contributed by atoms with Crippen molar-refractivity contribution < 1.29 is 4.79 Å². The molecule has 0 bridgehead atoms. The van der Waals surface area contributed by atoms with Gasteiger partial charge in [-0.15, -0.1) is 0 Å². The van der Waals surface area contributed by atoms with E-state index < -0.39 is 0 Å². The van der Waals surface area contributed by atoms with E-state index in [0.29, 0.717) is 6.54 Å². The first-order valence-electron chi connectivity index (χ1n) is 6.23. The Morgan fingerprint density at radius 2 is 2.24 bits per heavy atom. The zero-order valence-electron chi connectivity index (χ0n) is 10.4. The molecule has 5 heteroatoms. The number of carbonyl (C=O) groups is 1. The highest BCUT2D eigenvalue weighted by molar-refractivity contribution is 5.78. The number of rotatable bonds is 5. The monoisotopic (exact) mass is 236 g/mol. The standard InChI is InChI=1S/C12H20N4O/c1-15-9-5-11(14-15)4-6-13-10-12(17)16-7-2-3-8-16/h5,9,13H,2-4,6-8,10H2,1H3. The molecule has 1 amide bonds. The summed E-state index contributed by atoms with van der Waals surface area (Å²) in [6.07, 6.45) is 5.11. The third-order valence-electron chi connectivity index (χ3n) is 3.06. The Bertz CT molecular complexity index is 368. The molecular weight excluding hydrogens is 216 g/mol. The summed E-state index contributed by atoms with van der Waals surface area (Å²) < 4.78 is 1.80. The van der Waals surface area contributed by atoms with Crippen molar-refractivity contribution in [1.29, 1.82) is 0 Å². The molecule has 0 aliphatic carbocycles. The van der Waals surface area contributed by atoms with Crippen LogP contribution in [0, 0.1) is 0 Å². The van der Waals surface area contributed by atoms with Crippen molar-refractivity contribution in [1.82, 2.24) is 20.0 Å². The van der Waals surface area contributed by atoms with E-state index in [0.717, 1.165) is 44.6 Å². The zero-order chi connectivity index (χ0) is 12.1. The molecule has 0 aromatic carbocycles. The van der Waals surface area contributed by atoms with E-state index in [9.17, 15) is 4.79 Å². The second-order valence-corrected chi connectivity index (χ2v) is 4.50. The van der Waals surface area contributed by atoms with E-state index >= 15 is 0 Å². The number of nitrogens with one attached hydrogen (secondary N) is 1. The van der Waals surface area contributed by atoms with Crippen molar-refractivity contribution in [3.05, 3.63) is 18.0 Å². The van der Waals surface area contributed by atoms with E-state index in [2.05, 4.69) is 10.4 Å². The summed E-state index contributed by atoms with van der Waals surface area (Å²) in [6.45, 7) is 3.12. The van der Waals surface area contributed by atoms with Crippen molar-refractivity contribution in [3.8, 4) is 0 Å². The molecule has 5 nitrogen and oxygen atoms in total. The lowest BCUT2D eigenvalue weighted by atomic mass is 10.3. The Balaban J connectivity index is 1.61. The normalized spacial score (nSPS) is 15.5. The molecule has 17 heavy (non-hydrogen) atoms. The third-order valence-corrected chi connectivity index (χ3v) is 3.06. The highest BCUT2D eigenvalue weighted by atomic mass is 16.2. The molecule has 1 aliphatic heterocycles. The summed E-state index contributed by atoms with van der Waals surface area (Å²) in [7, 11) is 1.91. The SMILES string of the molecule is Cn1ccc(CCNCC(=O)N2CCCC2)n1. The topological polar surface area (TPSA) is 50.2 Å². The maximum absolute atomic E-state index is 11.7. The van der Waals surface area contributed by atoms with Gasteiger partial charge < -0.3 is 10.2 Å². The number of aryl methyl sites for hydroxylation is 1. The van der Waals surface area contributed by atoms with Crippen molar-refractivity contribution in [2.45, 2.75) is 19.3 Å². The highest BCUT2D eigenvalue weighted by Crippen LogP contribution is 2.06. The Kier molecular flexibility index (Phi) is 4.14. The highest BCUT2D eigenvalue weighted by Gasteiger charge is 2.16. The molecule has 2 heterocycles. The summed E-state index contributed by atoms with van der Waals surface area (Å²) in [5.74, 6) is 0.225. The molecular formula is C12H20N4O. The summed E-state index contributed by atoms with van der Waals surface area (Å²) in [5, 5.41) is 7.47. The summed E-state index contributed by atoms with van der Waals surface area (Å²) in [4.78, 5) is 13.6. The van der Waals surface area contributed by atoms with Crippen molar-refractivity contribution >= 4 is 5.91 Å². The van der Waals surface area contributed by atoms with Crippen molar-refractivity contribution in [3.63, 3.8) is 0 Å². The van der Waals surface area contributed by atoms with Crippen LogP contribution in [0.25, 0.3) is 0 Å². The van der Waals surface area contributed by atoms with E-state index in [1.54, 1.807) is 4.68 Å². The van der Waals surface area contributed by atoms with Crippen LogP contribution in [0.15, 0.2) is 12.3 Å². The molecule has 1 saturated heterocycles. The number of nitrogens with zero attached hydrogens (tertiary/aromatic N) is 3. The lowest BCUT2D eigenvalue weighted by molar-refractivity contribution is -0.129. The van der Waals surface area contributed by atoms with Crippen LogP contribution in [0.3, 0.4) is 0 Å². The van der Waals surface area contributed by atoms with Gasteiger partial charge in [-0.2, -0.15) is 5.10 Å². The van der Waals surface area contributed by atoms with Crippen LogP contribution < -0.4 is 5.32 Å². The number of hydrogen-bond acceptors (Lipinski definition) is 3. The number of hydrogen-bond donors (Lipinski definition) is 1. The first-order valence-corrected chi connectivity index (χ1v) is 6.23. The van der Waals surface area contributed by atoms with Gasteiger partial charge in [0.1, 0.15) is 0 Å². The van der Waals surface area contributed by atoms with Crippen LogP contribution in [0.1, 0.15) is 18.5 Å². The summed E-state index contributed by atoms with van der Waals surface area (Å²) in [5.41, 5.74) is 1.06. The van der Waals surface area contributed by atoms with Gasteiger partial charge in [-0.25, -0.2) is 0 Å². The van der Waals surface area contributed by atoms with E-state index in [-0.39, 0.29) is 5.91 Å². The average molecular weight is 236 g/mol. The lowest BCUT2D eigenvalue weighted by Gasteiger charge is -2.15. The molecule has 1 fully saturated rings. The van der Waals surface area contributed by atoms with Crippen LogP contribution in [0.5, 0.6) is 0 Å². The molecule has 1 N–H and O–H groups in total. The summed E-state index contributed by atoms with van der Waals surface area (Å²) in [6, 6.07) is 2.00. The van der Waals surface area contributed by atoms with Gasteiger partial charge in [0.25, 0.3) is 0 Å². The molecule has 0 unspecified atom stereocenters. The van der Waals surface area contributed by atoms with Crippen LogP contribution >= 0.6 is 0 Å². The molecule has 0 saturated carbocycles. The van der Waals surface area contributed by atoms with Gasteiger partial charge in [0.2, 0.25) is 5.91 Å². The van der Waals surface area contributed by atoms with Crippen LogP contribution in [0.2, 0.25) is 0 Å². The van der Waals surface area contributed by atoms with E-state index in [1.165, 1.54) is 0 Å².